The normalized spacial score (nSPS) is 12.7. The first-order valence-corrected chi connectivity index (χ1v) is 10.1. The van der Waals surface area contributed by atoms with Gasteiger partial charge in [0, 0.05) is 17.0 Å². The van der Waals surface area contributed by atoms with Crippen molar-refractivity contribution in [1.82, 2.24) is 4.72 Å². The van der Waals surface area contributed by atoms with E-state index < -0.39 is 21.0 Å². The fourth-order valence-corrected chi connectivity index (χ4v) is 4.56. The fourth-order valence-electron chi connectivity index (χ4n) is 2.48. The number of nitro benzene ring substituents is 1. The molecule has 134 valence electrons. The maximum absolute atomic E-state index is 12.8. The van der Waals surface area contributed by atoms with E-state index >= 15 is 0 Å². The quantitative estimate of drug-likeness (QED) is 0.510. The minimum atomic E-state index is -3.85. The second-order valence-corrected chi connectivity index (χ2v) is 8.42. The maximum Gasteiger partial charge on any atom is 0.269 e. The van der Waals surface area contributed by atoms with Gasteiger partial charge in [-0.2, -0.15) is 4.72 Å². The Labute approximate surface area is 155 Å². The summed E-state index contributed by atoms with van der Waals surface area (Å²) < 4.78 is 28.3. The molecule has 1 N–H and O–H groups in total. The van der Waals surface area contributed by atoms with Crippen LogP contribution in [-0.2, 0) is 10.0 Å². The van der Waals surface area contributed by atoms with Crippen LogP contribution in [0, 0.1) is 17.0 Å². The number of nitro groups is 1. The summed E-state index contributed by atoms with van der Waals surface area (Å²) in [6.07, 6.45) is 0. The minimum Gasteiger partial charge on any atom is -0.258 e. The third-order valence-corrected chi connectivity index (χ3v) is 6.25. The van der Waals surface area contributed by atoms with Gasteiger partial charge in [0.15, 0.2) is 0 Å². The lowest BCUT2D eigenvalue weighted by atomic mass is 10.0. The van der Waals surface area contributed by atoms with Crippen molar-refractivity contribution in [2.24, 2.45) is 0 Å². The van der Waals surface area contributed by atoms with Crippen LogP contribution in [0.4, 0.5) is 5.69 Å². The molecule has 8 heteroatoms. The molecule has 0 bridgehead atoms. The van der Waals surface area contributed by atoms with E-state index in [0.717, 1.165) is 16.0 Å². The average molecular weight is 388 g/mol. The number of sulfonamides is 1. The summed E-state index contributed by atoms with van der Waals surface area (Å²) >= 11 is 1.46. The van der Waals surface area contributed by atoms with Crippen LogP contribution in [0.5, 0.6) is 0 Å². The van der Waals surface area contributed by atoms with E-state index in [2.05, 4.69) is 4.72 Å². The third-order valence-electron chi connectivity index (χ3n) is 3.87. The van der Waals surface area contributed by atoms with Crippen molar-refractivity contribution in [2.75, 3.05) is 0 Å². The molecule has 1 heterocycles. The molecule has 1 atom stereocenters. The van der Waals surface area contributed by atoms with E-state index in [1.165, 1.54) is 35.6 Å². The van der Waals surface area contributed by atoms with Crippen molar-refractivity contribution in [3.05, 3.63) is 92.2 Å². The predicted molar refractivity (Wildman–Crippen MR) is 101 cm³/mol. The van der Waals surface area contributed by atoms with Gasteiger partial charge in [0.05, 0.1) is 15.9 Å². The first-order valence-electron chi connectivity index (χ1n) is 7.73. The lowest BCUT2D eigenvalue weighted by Crippen LogP contribution is -2.29. The van der Waals surface area contributed by atoms with Gasteiger partial charge in [-0.05, 0) is 36.1 Å². The van der Waals surface area contributed by atoms with Crippen molar-refractivity contribution in [2.45, 2.75) is 17.9 Å². The van der Waals surface area contributed by atoms with Crippen LogP contribution in [-0.4, -0.2) is 13.3 Å². The molecule has 0 saturated heterocycles. The number of benzene rings is 2. The van der Waals surface area contributed by atoms with Crippen molar-refractivity contribution in [3.63, 3.8) is 0 Å². The monoisotopic (exact) mass is 388 g/mol. The van der Waals surface area contributed by atoms with E-state index in [-0.39, 0.29) is 10.6 Å². The molecule has 0 aliphatic rings. The van der Waals surface area contributed by atoms with Gasteiger partial charge in [-0.15, -0.1) is 11.3 Å². The molecular weight excluding hydrogens is 372 g/mol. The van der Waals surface area contributed by atoms with Gasteiger partial charge in [0.2, 0.25) is 10.0 Å². The zero-order chi connectivity index (χ0) is 18.7. The molecular formula is C18H16N2O4S2. The SMILES string of the molecule is Cc1ccc([C@H](NS(=O)(=O)c2ccc([N+](=O)[O-])cc2)c2cccs2)cc1. The molecule has 0 aliphatic carbocycles. The molecule has 26 heavy (non-hydrogen) atoms. The van der Waals surface area contributed by atoms with Crippen LogP contribution in [0.2, 0.25) is 0 Å². The Morgan fingerprint density at radius 1 is 1.04 bits per heavy atom. The molecule has 0 spiro atoms. The van der Waals surface area contributed by atoms with Crippen molar-refractivity contribution < 1.29 is 13.3 Å². The van der Waals surface area contributed by atoms with Crippen LogP contribution >= 0.6 is 11.3 Å². The van der Waals surface area contributed by atoms with Crippen LogP contribution in [0.25, 0.3) is 0 Å². The van der Waals surface area contributed by atoms with Gasteiger partial charge in [-0.3, -0.25) is 10.1 Å². The van der Waals surface area contributed by atoms with Crippen LogP contribution in [0.15, 0.2) is 70.9 Å². The van der Waals surface area contributed by atoms with E-state index in [1.54, 1.807) is 0 Å². The highest BCUT2D eigenvalue weighted by Crippen LogP contribution is 2.28. The Kier molecular flexibility index (Phi) is 5.17. The number of nitrogens with zero attached hydrogens (tertiary/aromatic N) is 1. The van der Waals surface area contributed by atoms with Crippen molar-refractivity contribution >= 4 is 27.0 Å². The molecule has 0 aliphatic heterocycles. The molecule has 0 unspecified atom stereocenters. The van der Waals surface area contributed by atoms with Crippen LogP contribution in [0.3, 0.4) is 0 Å². The molecule has 0 amide bonds. The van der Waals surface area contributed by atoms with E-state index in [9.17, 15) is 18.5 Å². The highest BCUT2D eigenvalue weighted by Gasteiger charge is 2.24. The summed E-state index contributed by atoms with van der Waals surface area (Å²) in [5.41, 5.74) is 1.75. The Balaban J connectivity index is 1.95. The molecule has 0 saturated carbocycles. The van der Waals surface area contributed by atoms with Crippen LogP contribution in [0.1, 0.15) is 22.0 Å². The lowest BCUT2D eigenvalue weighted by Gasteiger charge is -2.18. The molecule has 2 aromatic carbocycles. The Morgan fingerprint density at radius 2 is 1.69 bits per heavy atom. The fraction of sp³-hybridized carbons (Fsp3) is 0.111. The van der Waals surface area contributed by atoms with Crippen molar-refractivity contribution in [1.29, 1.82) is 0 Å². The second kappa shape index (κ2) is 7.36. The Hall–Kier alpha value is -2.55. The molecule has 0 radical (unpaired) electrons. The van der Waals surface area contributed by atoms with Gasteiger partial charge < -0.3 is 0 Å². The summed E-state index contributed by atoms with van der Waals surface area (Å²) in [6.45, 7) is 1.96. The third kappa shape index (κ3) is 3.98. The zero-order valence-electron chi connectivity index (χ0n) is 13.8. The molecule has 1 aromatic heterocycles. The summed E-state index contributed by atoms with van der Waals surface area (Å²) in [5, 5.41) is 12.6. The summed E-state index contributed by atoms with van der Waals surface area (Å²) in [7, 11) is -3.85. The number of non-ortho nitro benzene ring substituents is 1. The maximum atomic E-state index is 12.8. The summed E-state index contributed by atoms with van der Waals surface area (Å²) in [6, 6.07) is 15.7. The smallest absolute Gasteiger partial charge is 0.258 e. The Bertz CT molecular complexity index is 996. The van der Waals surface area contributed by atoms with Crippen LogP contribution < -0.4 is 4.72 Å². The number of nitrogens with one attached hydrogen (secondary N) is 1. The minimum absolute atomic E-state index is 0.0169. The largest absolute Gasteiger partial charge is 0.269 e. The van der Waals surface area contributed by atoms with E-state index in [4.69, 9.17) is 0 Å². The van der Waals surface area contributed by atoms with E-state index in [1.807, 2.05) is 48.7 Å². The number of rotatable bonds is 6. The number of hydrogen-bond acceptors (Lipinski definition) is 5. The standard InChI is InChI=1S/C18H16N2O4S2/c1-13-4-6-14(7-5-13)18(17-3-2-12-25-17)19-26(23,24)16-10-8-15(9-11-16)20(21)22/h2-12,18-19H,1H3/t18-/m0/s1. The summed E-state index contributed by atoms with van der Waals surface area (Å²) in [5.74, 6) is 0. The number of hydrogen-bond donors (Lipinski definition) is 1. The highest BCUT2D eigenvalue weighted by atomic mass is 32.2. The number of thiophene rings is 1. The molecule has 3 rings (SSSR count). The van der Waals surface area contributed by atoms with Gasteiger partial charge in [0.1, 0.15) is 0 Å². The molecule has 3 aromatic rings. The molecule has 6 nitrogen and oxygen atoms in total. The Morgan fingerprint density at radius 3 is 2.23 bits per heavy atom. The lowest BCUT2D eigenvalue weighted by molar-refractivity contribution is -0.384. The predicted octanol–water partition coefficient (Wildman–Crippen LogP) is 4.03. The van der Waals surface area contributed by atoms with Gasteiger partial charge in [-0.25, -0.2) is 8.42 Å². The van der Waals surface area contributed by atoms with Crippen molar-refractivity contribution in [3.8, 4) is 0 Å². The topological polar surface area (TPSA) is 89.3 Å². The van der Waals surface area contributed by atoms with Gasteiger partial charge in [-0.1, -0.05) is 35.9 Å². The summed E-state index contributed by atoms with van der Waals surface area (Å²) in [4.78, 5) is 11.0. The van der Waals surface area contributed by atoms with E-state index in [0.29, 0.717) is 0 Å². The zero-order valence-corrected chi connectivity index (χ0v) is 15.5. The van der Waals surface area contributed by atoms with Gasteiger partial charge in [0.25, 0.3) is 5.69 Å². The number of aryl methyl sites for hydroxylation is 1. The first-order chi connectivity index (χ1) is 12.4. The average Bonchev–Trinajstić information content (AvgIpc) is 3.15. The second-order valence-electron chi connectivity index (χ2n) is 5.73. The first kappa shape index (κ1) is 18.2. The van der Waals surface area contributed by atoms with Gasteiger partial charge >= 0.3 is 0 Å². The molecule has 0 fully saturated rings. The highest BCUT2D eigenvalue weighted by molar-refractivity contribution is 7.89.